The van der Waals surface area contributed by atoms with E-state index in [0.29, 0.717) is 18.8 Å². The maximum absolute atomic E-state index is 12.9. The van der Waals surface area contributed by atoms with E-state index >= 15 is 0 Å². The fourth-order valence-electron chi connectivity index (χ4n) is 3.95. The van der Waals surface area contributed by atoms with Gasteiger partial charge in [0.1, 0.15) is 10.8 Å². The Kier molecular flexibility index (Phi) is 12.6. The van der Waals surface area contributed by atoms with Gasteiger partial charge in [0, 0.05) is 24.7 Å². The summed E-state index contributed by atoms with van der Waals surface area (Å²) in [6, 6.07) is 12.7. The first-order chi connectivity index (χ1) is 16.8. The highest BCUT2D eigenvalue weighted by molar-refractivity contribution is 6.33. The zero-order chi connectivity index (χ0) is 25.6. The van der Waals surface area contributed by atoms with E-state index in [1.807, 2.05) is 35.2 Å². The number of hydrogen-bond donors (Lipinski definition) is 1. The number of nitro benzene ring substituents is 1. The van der Waals surface area contributed by atoms with E-state index in [2.05, 4.69) is 6.92 Å². The molecule has 35 heavy (non-hydrogen) atoms. The molecule has 7 nitrogen and oxygen atoms in total. The van der Waals surface area contributed by atoms with Gasteiger partial charge in [-0.05, 0) is 44.4 Å². The topological polar surface area (TPSA) is 92.9 Å². The first kappa shape index (κ1) is 28.6. The number of ether oxygens (including phenoxy) is 1. The molecule has 0 aliphatic heterocycles. The molecule has 2 aromatic carbocycles. The molecule has 1 atom stereocenters. The van der Waals surface area contributed by atoms with Gasteiger partial charge in [-0.25, -0.2) is 0 Å². The second-order valence-corrected chi connectivity index (χ2v) is 9.14. The number of anilines is 1. The number of amides is 1. The van der Waals surface area contributed by atoms with Gasteiger partial charge in [0.25, 0.3) is 5.69 Å². The average molecular weight is 505 g/mol. The highest BCUT2D eigenvalue weighted by atomic mass is 35.5. The Hall–Kier alpha value is -2.64. The molecule has 0 fully saturated rings. The van der Waals surface area contributed by atoms with Gasteiger partial charge in [-0.3, -0.25) is 14.9 Å². The van der Waals surface area contributed by atoms with Crippen molar-refractivity contribution in [2.45, 2.75) is 77.7 Å². The fourth-order valence-corrected chi connectivity index (χ4v) is 4.23. The van der Waals surface area contributed by atoms with Crippen molar-refractivity contribution in [3.05, 3.63) is 63.2 Å². The van der Waals surface area contributed by atoms with Gasteiger partial charge in [0.05, 0.1) is 23.2 Å². The molecule has 8 heteroatoms. The number of aliphatic hydroxyl groups excluding tert-OH is 1. The van der Waals surface area contributed by atoms with Crippen molar-refractivity contribution < 1.29 is 19.6 Å². The van der Waals surface area contributed by atoms with E-state index in [1.165, 1.54) is 31.9 Å². The zero-order valence-electron chi connectivity index (χ0n) is 20.7. The minimum atomic E-state index is -1.03. The molecule has 1 unspecified atom stereocenters. The number of nitro groups is 1. The normalized spacial score (nSPS) is 11.8. The predicted molar refractivity (Wildman–Crippen MR) is 140 cm³/mol. The third-order valence-electron chi connectivity index (χ3n) is 5.86. The standard InChI is InChI=1S/C27H37ClN2O5/c1-3-4-5-12-17-29(22-14-9-8-10-15-22)26(32)16-11-6-7-13-18-35-23-19-24(21(2)31)27(30(33)34)25(28)20-23/h8-10,14-15,19-21,31H,3-7,11-13,16-18H2,1-2H3. The van der Waals surface area contributed by atoms with Crippen molar-refractivity contribution in [3.8, 4) is 5.75 Å². The number of benzene rings is 2. The SMILES string of the molecule is CCCCCCN(C(=O)CCCCCCOc1cc(Cl)c([N+](=O)[O-])c(C(C)O)c1)c1ccccc1. The van der Waals surface area contributed by atoms with Crippen molar-refractivity contribution in [1.29, 1.82) is 0 Å². The predicted octanol–water partition coefficient (Wildman–Crippen LogP) is 7.24. The summed E-state index contributed by atoms with van der Waals surface area (Å²) in [7, 11) is 0. The molecule has 192 valence electrons. The second kappa shape index (κ2) is 15.4. The third kappa shape index (κ3) is 9.49. The van der Waals surface area contributed by atoms with Gasteiger partial charge in [-0.2, -0.15) is 0 Å². The maximum Gasteiger partial charge on any atom is 0.293 e. The number of para-hydroxylation sites is 1. The Morgan fingerprint density at radius 3 is 2.43 bits per heavy atom. The molecule has 0 aliphatic rings. The van der Waals surface area contributed by atoms with Crippen LogP contribution in [0, 0.1) is 10.1 Å². The Morgan fingerprint density at radius 2 is 1.77 bits per heavy atom. The summed E-state index contributed by atoms with van der Waals surface area (Å²) in [5.41, 5.74) is 0.794. The van der Waals surface area contributed by atoms with E-state index in [1.54, 1.807) is 0 Å². The average Bonchev–Trinajstić information content (AvgIpc) is 2.83. The van der Waals surface area contributed by atoms with E-state index in [4.69, 9.17) is 16.3 Å². The number of carbonyl (C=O) groups excluding carboxylic acids is 1. The van der Waals surface area contributed by atoms with Crippen LogP contribution in [-0.4, -0.2) is 29.1 Å². The smallest absolute Gasteiger partial charge is 0.293 e. The van der Waals surface area contributed by atoms with Crippen LogP contribution in [-0.2, 0) is 4.79 Å². The van der Waals surface area contributed by atoms with Crippen LogP contribution < -0.4 is 9.64 Å². The number of nitrogens with zero attached hydrogens (tertiary/aromatic N) is 2. The van der Waals surface area contributed by atoms with Crippen LogP contribution in [0.4, 0.5) is 11.4 Å². The van der Waals surface area contributed by atoms with Gasteiger partial charge in [-0.15, -0.1) is 0 Å². The fraction of sp³-hybridized carbons (Fsp3) is 0.519. The Morgan fingerprint density at radius 1 is 1.09 bits per heavy atom. The molecular formula is C27H37ClN2O5. The quantitative estimate of drug-likeness (QED) is 0.148. The molecule has 2 rings (SSSR count). The summed E-state index contributed by atoms with van der Waals surface area (Å²) in [6.45, 7) is 4.81. The second-order valence-electron chi connectivity index (χ2n) is 8.73. The van der Waals surface area contributed by atoms with Crippen molar-refractivity contribution in [2.75, 3.05) is 18.1 Å². The van der Waals surface area contributed by atoms with Gasteiger partial charge in [-0.1, -0.05) is 68.8 Å². The minimum absolute atomic E-state index is 0.0559. The number of unbranched alkanes of at least 4 members (excludes halogenated alkanes) is 6. The molecule has 0 bridgehead atoms. The van der Waals surface area contributed by atoms with Crippen LogP contribution in [0.25, 0.3) is 0 Å². The molecule has 0 heterocycles. The third-order valence-corrected chi connectivity index (χ3v) is 6.15. The van der Waals surface area contributed by atoms with Crippen molar-refractivity contribution >= 4 is 28.9 Å². The molecule has 2 aromatic rings. The van der Waals surface area contributed by atoms with E-state index in [9.17, 15) is 20.0 Å². The van der Waals surface area contributed by atoms with Gasteiger partial charge in [0.2, 0.25) is 5.91 Å². The largest absolute Gasteiger partial charge is 0.494 e. The maximum atomic E-state index is 12.9. The molecule has 0 saturated carbocycles. The van der Waals surface area contributed by atoms with Crippen molar-refractivity contribution in [2.24, 2.45) is 0 Å². The summed E-state index contributed by atoms with van der Waals surface area (Å²) in [5.74, 6) is 0.559. The highest BCUT2D eigenvalue weighted by Gasteiger charge is 2.23. The summed E-state index contributed by atoms with van der Waals surface area (Å²) in [4.78, 5) is 25.4. The summed E-state index contributed by atoms with van der Waals surface area (Å²) < 4.78 is 5.71. The van der Waals surface area contributed by atoms with Crippen LogP contribution in [0.1, 0.15) is 83.3 Å². The monoisotopic (exact) mass is 504 g/mol. The molecule has 0 spiro atoms. The minimum Gasteiger partial charge on any atom is -0.494 e. The van der Waals surface area contributed by atoms with Crippen molar-refractivity contribution in [1.82, 2.24) is 0 Å². The lowest BCUT2D eigenvalue weighted by atomic mass is 10.1. The number of hydrogen-bond acceptors (Lipinski definition) is 5. The van der Waals surface area contributed by atoms with E-state index < -0.39 is 11.0 Å². The lowest BCUT2D eigenvalue weighted by Crippen LogP contribution is -2.31. The van der Waals surface area contributed by atoms with Gasteiger partial charge >= 0.3 is 0 Å². The number of aliphatic hydroxyl groups is 1. The first-order valence-corrected chi connectivity index (χ1v) is 12.9. The Bertz CT molecular complexity index is 937. The Balaban J connectivity index is 1.76. The van der Waals surface area contributed by atoms with Crippen molar-refractivity contribution in [3.63, 3.8) is 0 Å². The summed E-state index contributed by atoms with van der Waals surface area (Å²) in [6.07, 6.45) is 7.38. The van der Waals surface area contributed by atoms with Gasteiger partial charge < -0.3 is 14.7 Å². The van der Waals surface area contributed by atoms with E-state index in [-0.39, 0.29) is 22.2 Å². The summed E-state index contributed by atoms with van der Waals surface area (Å²) in [5, 5.41) is 21.0. The number of carbonyl (C=O) groups is 1. The molecule has 0 radical (unpaired) electrons. The molecule has 0 aliphatic carbocycles. The van der Waals surface area contributed by atoms with E-state index in [0.717, 1.165) is 50.8 Å². The first-order valence-electron chi connectivity index (χ1n) is 12.5. The van der Waals surface area contributed by atoms with Crippen LogP contribution in [0.15, 0.2) is 42.5 Å². The van der Waals surface area contributed by atoms with Gasteiger partial charge in [0.15, 0.2) is 0 Å². The molecule has 0 saturated heterocycles. The van der Waals surface area contributed by atoms with Crippen LogP contribution >= 0.6 is 11.6 Å². The number of halogens is 1. The van der Waals surface area contributed by atoms with Crippen LogP contribution in [0.2, 0.25) is 5.02 Å². The molecule has 1 N–H and O–H groups in total. The molecular weight excluding hydrogens is 468 g/mol. The molecule has 1 amide bonds. The lowest BCUT2D eigenvalue weighted by Gasteiger charge is -2.23. The summed E-state index contributed by atoms with van der Waals surface area (Å²) >= 11 is 6.03. The zero-order valence-corrected chi connectivity index (χ0v) is 21.5. The lowest BCUT2D eigenvalue weighted by molar-refractivity contribution is -0.386. The Labute approximate surface area is 213 Å². The molecule has 0 aromatic heterocycles. The van der Waals surface area contributed by atoms with Crippen LogP contribution in [0.5, 0.6) is 5.75 Å². The highest BCUT2D eigenvalue weighted by Crippen LogP contribution is 2.36. The number of rotatable bonds is 16. The van der Waals surface area contributed by atoms with Crippen LogP contribution in [0.3, 0.4) is 0 Å².